The summed E-state index contributed by atoms with van der Waals surface area (Å²) in [4.78, 5) is 1.85. The number of rotatable bonds is 2. The Kier molecular flexibility index (Phi) is 4.05. The molecule has 78 valence electrons. The quantitative estimate of drug-likeness (QED) is 0.727. The largest absolute Gasteiger partial charge is 0.381 e. The van der Waals surface area contributed by atoms with Gasteiger partial charge in [0.15, 0.2) is 0 Å². The summed E-state index contributed by atoms with van der Waals surface area (Å²) in [6.45, 7) is 1.83. The summed E-state index contributed by atoms with van der Waals surface area (Å²) in [6, 6.07) is 4.29. The molecule has 1 aromatic rings. The van der Waals surface area contributed by atoms with E-state index < -0.39 is 0 Å². The topological polar surface area (TPSA) is 9.23 Å². The third-order valence-corrected chi connectivity index (χ3v) is 5.73. The predicted molar refractivity (Wildman–Crippen MR) is 67.2 cm³/mol. The first-order valence-electron chi connectivity index (χ1n) is 4.74. The van der Waals surface area contributed by atoms with E-state index in [-0.39, 0.29) is 0 Å². The van der Waals surface area contributed by atoms with Crippen LogP contribution in [0.4, 0.5) is 0 Å². The van der Waals surface area contributed by atoms with Crippen LogP contribution in [0.3, 0.4) is 0 Å². The first-order chi connectivity index (χ1) is 6.77. The summed E-state index contributed by atoms with van der Waals surface area (Å²) in [7, 11) is 0. The fraction of sp³-hybridized carbons (Fsp3) is 0.600. The van der Waals surface area contributed by atoms with Gasteiger partial charge in [-0.1, -0.05) is 15.9 Å². The molecule has 2 unspecified atom stereocenters. The smallest absolute Gasteiger partial charge is 0.0701 e. The average molecular weight is 340 g/mol. The van der Waals surface area contributed by atoms with Crippen LogP contribution in [-0.2, 0) is 4.74 Å². The van der Waals surface area contributed by atoms with Crippen molar-refractivity contribution in [3.8, 4) is 0 Å². The molecule has 1 fully saturated rings. The molecule has 1 nitrogen and oxygen atoms in total. The molecule has 2 rings (SSSR count). The van der Waals surface area contributed by atoms with Crippen molar-refractivity contribution in [2.75, 3.05) is 13.2 Å². The number of halogens is 2. The van der Waals surface area contributed by atoms with Gasteiger partial charge in [-0.3, -0.25) is 0 Å². The molecule has 0 saturated carbocycles. The van der Waals surface area contributed by atoms with Crippen LogP contribution in [0.5, 0.6) is 0 Å². The van der Waals surface area contributed by atoms with Crippen LogP contribution in [0, 0.1) is 5.92 Å². The minimum atomic E-state index is 0.457. The average Bonchev–Trinajstić information content (AvgIpc) is 2.65. The van der Waals surface area contributed by atoms with Crippen molar-refractivity contribution in [2.24, 2.45) is 5.92 Å². The molecule has 1 aromatic heterocycles. The molecule has 0 amide bonds. The SMILES string of the molecule is Brc1ccc(C(Br)C2CCCOC2)s1. The molecule has 0 N–H and O–H groups in total. The summed E-state index contributed by atoms with van der Waals surface area (Å²) in [5, 5.41) is 0. The molecule has 0 spiro atoms. The Morgan fingerprint density at radius 2 is 2.36 bits per heavy atom. The van der Waals surface area contributed by atoms with E-state index in [4.69, 9.17) is 4.74 Å². The second-order valence-corrected chi connectivity index (χ2v) is 7.00. The van der Waals surface area contributed by atoms with Crippen molar-refractivity contribution in [2.45, 2.75) is 17.7 Å². The lowest BCUT2D eigenvalue weighted by Gasteiger charge is -2.25. The monoisotopic (exact) mass is 338 g/mol. The van der Waals surface area contributed by atoms with Crippen LogP contribution in [0.15, 0.2) is 15.9 Å². The molecule has 1 aliphatic heterocycles. The number of ether oxygens (including phenoxy) is 1. The lowest BCUT2D eigenvalue weighted by molar-refractivity contribution is 0.0549. The van der Waals surface area contributed by atoms with E-state index in [1.54, 1.807) is 11.3 Å². The van der Waals surface area contributed by atoms with Gasteiger partial charge in [-0.2, -0.15) is 0 Å². The van der Waals surface area contributed by atoms with E-state index in [0.717, 1.165) is 13.2 Å². The van der Waals surface area contributed by atoms with E-state index in [1.165, 1.54) is 21.5 Å². The summed E-state index contributed by atoms with van der Waals surface area (Å²) < 4.78 is 6.70. The maximum absolute atomic E-state index is 5.49. The molecule has 14 heavy (non-hydrogen) atoms. The predicted octanol–water partition coefficient (Wildman–Crippen LogP) is 4.37. The Morgan fingerprint density at radius 3 is 2.93 bits per heavy atom. The van der Waals surface area contributed by atoms with Crippen molar-refractivity contribution >= 4 is 43.2 Å². The highest BCUT2D eigenvalue weighted by Crippen LogP contribution is 2.40. The molecule has 4 heteroatoms. The molecule has 1 saturated heterocycles. The number of hydrogen-bond acceptors (Lipinski definition) is 2. The lowest BCUT2D eigenvalue weighted by Crippen LogP contribution is -2.20. The number of alkyl halides is 1. The molecule has 0 radical (unpaired) electrons. The normalized spacial score (nSPS) is 24.9. The lowest BCUT2D eigenvalue weighted by atomic mass is 9.98. The highest BCUT2D eigenvalue weighted by atomic mass is 79.9. The molecule has 1 aliphatic rings. The van der Waals surface area contributed by atoms with E-state index in [1.807, 2.05) is 0 Å². The summed E-state index contributed by atoms with van der Waals surface area (Å²) in [5.41, 5.74) is 0. The van der Waals surface area contributed by atoms with Crippen LogP contribution in [-0.4, -0.2) is 13.2 Å². The zero-order valence-corrected chi connectivity index (χ0v) is 11.7. The molecule has 2 heterocycles. The van der Waals surface area contributed by atoms with Crippen LogP contribution in [0.1, 0.15) is 22.5 Å². The van der Waals surface area contributed by atoms with Crippen molar-refractivity contribution in [1.29, 1.82) is 0 Å². The number of thiophene rings is 1. The summed E-state index contributed by atoms with van der Waals surface area (Å²) in [6.07, 6.45) is 2.46. The van der Waals surface area contributed by atoms with Crippen molar-refractivity contribution < 1.29 is 4.74 Å². The first-order valence-corrected chi connectivity index (χ1v) is 7.27. The van der Waals surface area contributed by atoms with Crippen molar-refractivity contribution in [3.63, 3.8) is 0 Å². The van der Waals surface area contributed by atoms with Gasteiger partial charge in [-0.25, -0.2) is 0 Å². The van der Waals surface area contributed by atoms with E-state index >= 15 is 0 Å². The minimum absolute atomic E-state index is 0.457. The van der Waals surface area contributed by atoms with E-state index in [9.17, 15) is 0 Å². The molecule has 0 aliphatic carbocycles. The van der Waals surface area contributed by atoms with Gasteiger partial charge in [-0.05, 0) is 46.8 Å². The van der Waals surface area contributed by atoms with Crippen molar-refractivity contribution in [1.82, 2.24) is 0 Å². The van der Waals surface area contributed by atoms with Gasteiger partial charge in [0, 0.05) is 11.5 Å². The summed E-state index contributed by atoms with van der Waals surface area (Å²) >= 11 is 9.07. The van der Waals surface area contributed by atoms with E-state index in [2.05, 4.69) is 44.0 Å². The Labute approximate surface area is 105 Å². The second-order valence-electron chi connectivity index (χ2n) is 3.52. The van der Waals surface area contributed by atoms with Gasteiger partial charge in [-0.15, -0.1) is 11.3 Å². The summed E-state index contributed by atoms with van der Waals surface area (Å²) in [5.74, 6) is 0.634. The van der Waals surface area contributed by atoms with E-state index in [0.29, 0.717) is 10.7 Å². The molecule has 2 atom stereocenters. The van der Waals surface area contributed by atoms with Crippen LogP contribution in [0.2, 0.25) is 0 Å². The third kappa shape index (κ3) is 2.60. The standard InChI is InChI=1S/C10H12Br2OS/c11-9-4-3-8(14-9)10(12)7-2-1-5-13-6-7/h3-4,7,10H,1-2,5-6H2. The van der Waals surface area contributed by atoms with Crippen LogP contribution < -0.4 is 0 Å². The van der Waals surface area contributed by atoms with Gasteiger partial charge in [0.25, 0.3) is 0 Å². The van der Waals surface area contributed by atoms with Gasteiger partial charge >= 0.3 is 0 Å². The van der Waals surface area contributed by atoms with Crippen LogP contribution in [0.25, 0.3) is 0 Å². The maximum Gasteiger partial charge on any atom is 0.0701 e. The number of hydrogen-bond donors (Lipinski definition) is 0. The molecular formula is C10H12Br2OS. The van der Waals surface area contributed by atoms with Gasteiger partial charge in [0.05, 0.1) is 15.2 Å². The third-order valence-electron chi connectivity index (χ3n) is 2.48. The fourth-order valence-electron chi connectivity index (χ4n) is 1.71. The van der Waals surface area contributed by atoms with Gasteiger partial charge in [0.2, 0.25) is 0 Å². The Morgan fingerprint density at radius 1 is 1.50 bits per heavy atom. The zero-order valence-electron chi connectivity index (χ0n) is 7.71. The Bertz CT molecular complexity index is 294. The zero-order chi connectivity index (χ0) is 9.97. The first kappa shape index (κ1) is 11.1. The Balaban J connectivity index is 2.03. The van der Waals surface area contributed by atoms with Gasteiger partial charge in [0.1, 0.15) is 0 Å². The molecular weight excluding hydrogens is 328 g/mol. The Hall–Kier alpha value is 0.620. The van der Waals surface area contributed by atoms with Crippen LogP contribution >= 0.6 is 43.2 Å². The fourth-order valence-corrected chi connectivity index (χ4v) is 4.05. The van der Waals surface area contributed by atoms with Gasteiger partial charge < -0.3 is 4.74 Å². The second kappa shape index (κ2) is 5.10. The molecule has 0 bridgehead atoms. The maximum atomic E-state index is 5.49. The highest BCUT2D eigenvalue weighted by molar-refractivity contribution is 9.11. The highest BCUT2D eigenvalue weighted by Gasteiger charge is 2.24. The molecule has 0 aromatic carbocycles. The minimum Gasteiger partial charge on any atom is -0.381 e. The van der Waals surface area contributed by atoms with Crippen molar-refractivity contribution in [3.05, 3.63) is 20.8 Å².